The van der Waals surface area contributed by atoms with E-state index in [0.717, 1.165) is 12.1 Å². The van der Waals surface area contributed by atoms with Gasteiger partial charge in [0.15, 0.2) is 0 Å². The minimum absolute atomic E-state index is 0.105. The van der Waals surface area contributed by atoms with Crippen molar-refractivity contribution in [3.63, 3.8) is 0 Å². The molecule has 1 atom stereocenters. The van der Waals surface area contributed by atoms with Crippen molar-refractivity contribution in [2.45, 2.75) is 25.9 Å². The van der Waals surface area contributed by atoms with E-state index in [1.807, 2.05) is 13.8 Å². The molecule has 1 unspecified atom stereocenters. The van der Waals surface area contributed by atoms with Crippen molar-refractivity contribution >= 4 is 0 Å². The molecule has 0 aliphatic rings. The highest BCUT2D eigenvalue weighted by Gasteiger charge is 2.31. The molecule has 0 amide bonds. The van der Waals surface area contributed by atoms with Crippen molar-refractivity contribution in [2.24, 2.45) is 5.92 Å². The second kappa shape index (κ2) is 4.87. The van der Waals surface area contributed by atoms with Crippen LogP contribution in [-0.4, -0.2) is 11.7 Å². The molecule has 0 aromatic heterocycles. The normalized spacial score (nSPS) is 14.2. The first-order valence-corrected chi connectivity index (χ1v) is 5.14. The third-order valence-corrected chi connectivity index (χ3v) is 2.64. The minimum atomic E-state index is -4.33. The summed E-state index contributed by atoms with van der Waals surface area (Å²) in [5.41, 5.74) is -0.128. The number of aliphatic hydroxyl groups excluding tert-OH is 1. The summed E-state index contributed by atoms with van der Waals surface area (Å²) in [4.78, 5) is 0. The Morgan fingerprint density at radius 2 is 1.88 bits per heavy atom. The molecule has 0 radical (unpaired) electrons. The fourth-order valence-electron chi connectivity index (χ4n) is 1.65. The summed E-state index contributed by atoms with van der Waals surface area (Å²) in [7, 11) is 0. The number of benzene rings is 1. The molecular formula is C12H15F3O. The van der Waals surface area contributed by atoms with Crippen molar-refractivity contribution in [1.29, 1.82) is 0 Å². The number of rotatable bonds is 3. The van der Waals surface area contributed by atoms with E-state index in [1.165, 1.54) is 6.07 Å². The first-order valence-electron chi connectivity index (χ1n) is 5.14. The summed E-state index contributed by atoms with van der Waals surface area (Å²) >= 11 is 0. The fourth-order valence-corrected chi connectivity index (χ4v) is 1.65. The van der Waals surface area contributed by atoms with E-state index in [-0.39, 0.29) is 18.4 Å². The number of alkyl halides is 3. The topological polar surface area (TPSA) is 20.2 Å². The van der Waals surface area contributed by atoms with E-state index < -0.39 is 11.7 Å². The molecule has 1 aromatic carbocycles. The lowest BCUT2D eigenvalue weighted by molar-refractivity contribution is -0.137. The highest BCUT2D eigenvalue weighted by molar-refractivity contribution is 5.28. The first-order chi connectivity index (χ1) is 7.36. The average Bonchev–Trinajstić information content (AvgIpc) is 2.17. The van der Waals surface area contributed by atoms with Crippen LogP contribution in [0.4, 0.5) is 13.2 Å². The molecule has 16 heavy (non-hydrogen) atoms. The Labute approximate surface area is 92.9 Å². The van der Waals surface area contributed by atoms with Gasteiger partial charge in [-0.15, -0.1) is 0 Å². The van der Waals surface area contributed by atoms with E-state index in [9.17, 15) is 13.2 Å². The zero-order chi connectivity index (χ0) is 12.3. The van der Waals surface area contributed by atoms with Crippen LogP contribution in [-0.2, 0) is 6.18 Å². The highest BCUT2D eigenvalue weighted by Crippen LogP contribution is 2.32. The largest absolute Gasteiger partial charge is 0.416 e. The zero-order valence-corrected chi connectivity index (χ0v) is 9.25. The molecule has 0 aliphatic heterocycles. The van der Waals surface area contributed by atoms with Gasteiger partial charge in [-0.3, -0.25) is 0 Å². The maximum absolute atomic E-state index is 12.5. The Hall–Kier alpha value is -1.03. The summed E-state index contributed by atoms with van der Waals surface area (Å²) in [5.74, 6) is -0.143. The molecule has 0 aliphatic carbocycles. The second-order valence-corrected chi connectivity index (χ2v) is 4.16. The summed E-state index contributed by atoms with van der Waals surface area (Å²) in [6.45, 7) is 3.61. The standard InChI is InChI=1S/C12H15F3O/c1-8(2)11(7-16)9-4-3-5-10(6-9)12(13,14)15/h3-6,8,11,16H,7H2,1-2H3. The molecule has 0 spiro atoms. The van der Waals surface area contributed by atoms with Crippen molar-refractivity contribution in [3.8, 4) is 0 Å². The third-order valence-electron chi connectivity index (χ3n) is 2.64. The Kier molecular flexibility index (Phi) is 3.97. The third kappa shape index (κ3) is 2.98. The van der Waals surface area contributed by atoms with Gasteiger partial charge in [0, 0.05) is 5.92 Å². The van der Waals surface area contributed by atoms with Crippen molar-refractivity contribution in [2.75, 3.05) is 6.61 Å². The summed E-state index contributed by atoms with van der Waals surface area (Å²) in [6.07, 6.45) is -4.33. The van der Waals surface area contributed by atoms with Crippen LogP contribution < -0.4 is 0 Å². The predicted molar refractivity (Wildman–Crippen MR) is 56.1 cm³/mol. The number of hydrogen-bond acceptors (Lipinski definition) is 1. The maximum Gasteiger partial charge on any atom is 0.416 e. The Morgan fingerprint density at radius 3 is 2.31 bits per heavy atom. The average molecular weight is 232 g/mol. The van der Waals surface area contributed by atoms with E-state index in [4.69, 9.17) is 5.11 Å². The molecule has 90 valence electrons. The molecular weight excluding hydrogens is 217 g/mol. The molecule has 1 N–H and O–H groups in total. The van der Waals surface area contributed by atoms with E-state index in [2.05, 4.69) is 0 Å². The number of hydrogen-bond donors (Lipinski definition) is 1. The van der Waals surface area contributed by atoms with Crippen LogP contribution in [0.1, 0.15) is 30.9 Å². The minimum Gasteiger partial charge on any atom is -0.396 e. The first kappa shape index (κ1) is 13.0. The Balaban J connectivity index is 3.07. The molecule has 0 bridgehead atoms. The van der Waals surface area contributed by atoms with Gasteiger partial charge in [0.05, 0.1) is 12.2 Å². The molecule has 0 saturated carbocycles. The quantitative estimate of drug-likeness (QED) is 0.846. The Morgan fingerprint density at radius 1 is 1.25 bits per heavy atom. The number of aliphatic hydroxyl groups is 1. The maximum atomic E-state index is 12.5. The SMILES string of the molecule is CC(C)C(CO)c1cccc(C(F)(F)F)c1. The lowest BCUT2D eigenvalue weighted by Crippen LogP contribution is -2.13. The van der Waals surface area contributed by atoms with Gasteiger partial charge in [-0.05, 0) is 17.5 Å². The zero-order valence-electron chi connectivity index (χ0n) is 9.25. The van der Waals surface area contributed by atoms with Crippen LogP contribution in [0, 0.1) is 5.92 Å². The van der Waals surface area contributed by atoms with Gasteiger partial charge in [-0.2, -0.15) is 13.2 Å². The monoisotopic (exact) mass is 232 g/mol. The molecule has 1 nitrogen and oxygen atoms in total. The van der Waals surface area contributed by atoms with Crippen LogP contribution in [0.15, 0.2) is 24.3 Å². The van der Waals surface area contributed by atoms with E-state index in [0.29, 0.717) is 5.56 Å². The number of halogens is 3. The van der Waals surface area contributed by atoms with Gasteiger partial charge >= 0.3 is 6.18 Å². The van der Waals surface area contributed by atoms with Gasteiger partial charge in [-0.1, -0.05) is 32.0 Å². The van der Waals surface area contributed by atoms with Crippen molar-refractivity contribution < 1.29 is 18.3 Å². The van der Waals surface area contributed by atoms with Crippen LogP contribution in [0.25, 0.3) is 0 Å². The second-order valence-electron chi connectivity index (χ2n) is 4.16. The highest BCUT2D eigenvalue weighted by atomic mass is 19.4. The van der Waals surface area contributed by atoms with E-state index in [1.54, 1.807) is 6.07 Å². The Bertz CT molecular complexity index is 344. The molecule has 4 heteroatoms. The van der Waals surface area contributed by atoms with Crippen LogP contribution in [0.3, 0.4) is 0 Å². The lowest BCUT2D eigenvalue weighted by Gasteiger charge is -2.19. The van der Waals surface area contributed by atoms with Gasteiger partial charge in [0.2, 0.25) is 0 Å². The summed E-state index contributed by atoms with van der Waals surface area (Å²) in [5, 5.41) is 9.16. The molecule has 1 aromatic rings. The van der Waals surface area contributed by atoms with Crippen molar-refractivity contribution in [1.82, 2.24) is 0 Å². The van der Waals surface area contributed by atoms with Gasteiger partial charge < -0.3 is 5.11 Å². The lowest BCUT2D eigenvalue weighted by atomic mass is 9.88. The fraction of sp³-hybridized carbons (Fsp3) is 0.500. The van der Waals surface area contributed by atoms with Crippen LogP contribution in [0.5, 0.6) is 0 Å². The molecule has 0 fully saturated rings. The smallest absolute Gasteiger partial charge is 0.396 e. The molecule has 1 rings (SSSR count). The molecule has 0 heterocycles. The predicted octanol–water partition coefficient (Wildman–Crippen LogP) is 3.44. The van der Waals surface area contributed by atoms with E-state index >= 15 is 0 Å². The van der Waals surface area contributed by atoms with Gasteiger partial charge in [0.1, 0.15) is 0 Å². The van der Waals surface area contributed by atoms with Crippen LogP contribution >= 0.6 is 0 Å². The van der Waals surface area contributed by atoms with Crippen molar-refractivity contribution in [3.05, 3.63) is 35.4 Å². The summed E-state index contributed by atoms with van der Waals surface area (Å²) in [6, 6.07) is 5.15. The van der Waals surface area contributed by atoms with Gasteiger partial charge in [-0.25, -0.2) is 0 Å². The van der Waals surface area contributed by atoms with Crippen LogP contribution in [0.2, 0.25) is 0 Å². The molecule has 0 saturated heterocycles. The summed E-state index contributed by atoms with van der Waals surface area (Å²) < 4.78 is 37.4. The van der Waals surface area contributed by atoms with Gasteiger partial charge in [0.25, 0.3) is 0 Å².